The van der Waals surface area contributed by atoms with Crippen LogP contribution in [0.15, 0.2) is 10.3 Å². The summed E-state index contributed by atoms with van der Waals surface area (Å²) in [5.41, 5.74) is 1.61. The molecule has 0 atom stereocenters. The third-order valence-electron chi connectivity index (χ3n) is 2.63. The lowest BCUT2D eigenvalue weighted by atomic mass is 10.3. The van der Waals surface area contributed by atoms with Gasteiger partial charge >= 0.3 is 0 Å². The van der Waals surface area contributed by atoms with Crippen molar-refractivity contribution >= 4 is 44.3 Å². The van der Waals surface area contributed by atoms with Gasteiger partial charge in [-0.1, -0.05) is 22.9 Å². The monoisotopic (exact) mass is 336 g/mol. The van der Waals surface area contributed by atoms with Crippen molar-refractivity contribution in [2.45, 2.75) is 31.5 Å². The highest BCUT2D eigenvalue weighted by molar-refractivity contribution is 7.91. The van der Waals surface area contributed by atoms with E-state index in [2.05, 4.69) is 9.71 Å². The van der Waals surface area contributed by atoms with E-state index in [9.17, 15) is 8.42 Å². The number of thiophene rings is 1. The number of aromatic nitrogens is 1. The fraction of sp³-hybridized carbons (Fsp3) is 0.364. The number of nitrogens with one attached hydrogen (secondary N) is 1. The Kier molecular flexibility index (Phi) is 4.32. The molecule has 0 spiro atoms. The first kappa shape index (κ1) is 14.9. The fourth-order valence-corrected chi connectivity index (χ4v) is 5.44. The lowest BCUT2D eigenvalue weighted by Gasteiger charge is -2.03. The Morgan fingerprint density at radius 1 is 1.32 bits per heavy atom. The molecular formula is C11H13ClN2O2S3. The molecule has 0 aromatic carbocycles. The molecule has 2 aromatic rings. The maximum absolute atomic E-state index is 12.1. The van der Waals surface area contributed by atoms with Gasteiger partial charge in [0.05, 0.1) is 5.69 Å². The van der Waals surface area contributed by atoms with E-state index in [1.54, 1.807) is 18.3 Å². The van der Waals surface area contributed by atoms with Crippen molar-refractivity contribution in [1.82, 2.24) is 9.71 Å². The normalized spacial score (nSPS) is 12.0. The highest BCUT2D eigenvalue weighted by Crippen LogP contribution is 2.27. The Hall–Kier alpha value is -0.470. The predicted molar refractivity (Wildman–Crippen MR) is 79.7 cm³/mol. The van der Waals surface area contributed by atoms with Crippen molar-refractivity contribution in [2.24, 2.45) is 0 Å². The van der Waals surface area contributed by atoms with Gasteiger partial charge < -0.3 is 0 Å². The van der Waals surface area contributed by atoms with Crippen LogP contribution in [0.5, 0.6) is 0 Å². The standard InChI is InChI=1S/C11H13ClN2O2S3/c1-6-4-9(17-8(6)3)5-13-19(15,16)10-7(2)14-11(12)18-10/h4,13H,5H2,1-3H3. The number of halogens is 1. The molecule has 2 aromatic heterocycles. The highest BCUT2D eigenvalue weighted by Gasteiger charge is 2.21. The van der Waals surface area contributed by atoms with Gasteiger partial charge in [0.25, 0.3) is 10.0 Å². The molecule has 0 unspecified atom stereocenters. The number of hydrogen-bond acceptors (Lipinski definition) is 5. The second kappa shape index (κ2) is 5.49. The van der Waals surface area contributed by atoms with Crippen LogP contribution in [0.1, 0.15) is 21.0 Å². The minimum absolute atomic E-state index is 0.183. The second-order valence-electron chi connectivity index (χ2n) is 4.12. The maximum Gasteiger partial charge on any atom is 0.252 e. The van der Waals surface area contributed by atoms with Crippen LogP contribution < -0.4 is 4.72 Å². The molecule has 0 amide bonds. The van der Waals surface area contributed by atoms with Crippen molar-refractivity contribution in [1.29, 1.82) is 0 Å². The molecule has 0 bridgehead atoms. The van der Waals surface area contributed by atoms with Gasteiger partial charge in [-0.3, -0.25) is 0 Å². The second-order valence-corrected chi connectivity index (χ2v) is 9.00. The van der Waals surface area contributed by atoms with E-state index >= 15 is 0 Å². The number of sulfonamides is 1. The predicted octanol–water partition coefficient (Wildman–Crippen LogP) is 3.26. The molecule has 8 heteroatoms. The molecule has 19 heavy (non-hydrogen) atoms. The Morgan fingerprint density at radius 3 is 2.47 bits per heavy atom. The van der Waals surface area contributed by atoms with Gasteiger partial charge in [-0.2, -0.15) is 0 Å². The van der Waals surface area contributed by atoms with Gasteiger partial charge in [-0.15, -0.1) is 11.3 Å². The fourth-order valence-electron chi connectivity index (χ4n) is 1.57. The minimum Gasteiger partial charge on any atom is -0.229 e. The van der Waals surface area contributed by atoms with Gasteiger partial charge in [0, 0.05) is 16.3 Å². The summed E-state index contributed by atoms with van der Waals surface area (Å²) in [4.78, 5) is 6.11. The molecular weight excluding hydrogens is 324 g/mol. The van der Waals surface area contributed by atoms with E-state index in [1.165, 1.54) is 10.4 Å². The molecule has 0 aliphatic carbocycles. The molecule has 0 aliphatic heterocycles. The van der Waals surface area contributed by atoms with E-state index in [4.69, 9.17) is 11.6 Å². The summed E-state index contributed by atoms with van der Waals surface area (Å²) < 4.78 is 27.3. The molecule has 1 N–H and O–H groups in total. The van der Waals surface area contributed by atoms with Crippen LogP contribution in [0.2, 0.25) is 4.47 Å². The SMILES string of the molecule is Cc1cc(CNS(=O)(=O)c2sc(Cl)nc2C)sc1C. The number of thiazole rings is 1. The molecule has 0 saturated carbocycles. The van der Waals surface area contributed by atoms with Gasteiger partial charge in [0.1, 0.15) is 0 Å². The zero-order valence-corrected chi connectivity index (χ0v) is 13.9. The average Bonchev–Trinajstić information content (AvgIpc) is 2.80. The molecule has 0 radical (unpaired) electrons. The summed E-state index contributed by atoms with van der Waals surface area (Å²) in [6.07, 6.45) is 0. The Bertz CT molecular complexity index is 684. The topological polar surface area (TPSA) is 59.1 Å². The van der Waals surface area contributed by atoms with Crippen LogP contribution in [0.25, 0.3) is 0 Å². The van der Waals surface area contributed by atoms with Gasteiger partial charge in [-0.25, -0.2) is 18.1 Å². The first-order chi connectivity index (χ1) is 8.79. The van der Waals surface area contributed by atoms with E-state index in [-0.39, 0.29) is 15.2 Å². The van der Waals surface area contributed by atoms with Crippen LogP contribution in [-0.2, 0) is 16.6 Å². The van der Waals surface area contributed by atoms with E-state index in [0.717, 1.165) is 16.2 Å². The van der Waals surface area contributed by atoms with Crippen molar-refractivity contribution in [3.8, 4) is 0 Å². The third kappa shape index (κ3) is 3.35. The van der Waals surface area contributed by atoms with Crippen molar-refractivity contribution in [2.75, 3.05) is 0 Å². The molecule has 104 valence electrons. The van der Waals surface area contributed by atoms with Gasteiger partial charge in [0.15, 0.2) is 8.68 Å². The maximum atomic E-state index is 12.1. The zero-order chi connectivity index (χ0) is 14.2. The number of aryl methyl sites for hydroxylation is 3. The molecule has 2 rings (SSSR count). The highest BCUT2D eigenvalue weighted by atomic mass is 35.5. The summed E-state index contributed by atoms with van der Waals surface area (Å²) in [5, 5.41) is 0. The Balaban J connectivity index is 2.16. The summed E-state index contributed by atoms with van der Waals surface area (Å²) in [6.45, 7) is 5.95. The van der Waals surface area contributed by atoms with E-state index in [1.807, 2.05) is 19.9 Å². The molecule has 0 saturated heterocycles. The third-order valence-corrected chi connectivity index (χ3v) is 7.05. The summed E-state index contributed by atoms with van der Waals surface area (Å²) in [6, 6.07) is 2.00. The van der Waals surface area contributed by atoms with Gasteiger partial charge in [0.2, 0.25) is 0 Å². The summed E-state index contributed by atoms with van der Waals surface area (Å²) in [5.74, 6) is 0. The zero-order valence-electron chi connectivity index (χ0n) is 10.7. The number of nitrogens with zero attached hydrogens (tertiary/aromatic N) is 1. The Labute approximate surface area is 125 Å². The Morgan fingerprint density at radius 2 is 2.00 bits per heavy atom. The quantitative estimate of drug-likeness (QED) is 0.932. The van der Waals surface area contributed by atoms with Gasteiger partial charge in [-0.05, 0) is 32.4 Å². The average molecular weight is 337 g/mol. The van der Waals surface area contributed by atoms with Crippen molar-refractivity contribution in [3.05, 3.63) is 31.5 Å². The summed E-state index contributed by atoms with van der Waals surface area (Å²) >= 11 is 8.30. The number of hydrogen-bond donors (Lipinski definition) is 1. The van der Waals surface area contributed by atoms with Crippen LogP contribution in [-0.4, -0.2) is 13.4 Å². The molecule has 2 heterocycles. The number of rotatable bonds is 4. The lowest BCUT2D eigenvalue weighted by molar-refractivity contribution is 0.583. The van der Waals surface area contributed by atoms with Crippen LogP contribution in [0.3, 0.4) is 0 Å². The smallest absolute Gasteiger partial charge is 0.229 e. The van der Waals surface area contributed by atoms with E-state index in [0.29, 0.717) is 5.69 Å². The first-order valence-electron chi connectivity index (χ1n) is 5.48. The lowest BCUT2D eigenvalue weighted by Crippen LogP contribution is -2.22. The first-order valence-corrected chi connectivity index (χ1v) is 8.97. The van der Waals surface area contributed by atoms with E-state index < -0.39 is 10.0 Å². The van der Waals surface area contributed by atoms with Crippen molar-refractivity contribution < 1.29 is 8.42 Å². The summed E-state index contributed by atoms with van der Waals surface area (Å²) in [7, 11) is -3.54. The van der Waals surface area contributed by atoms with Crippen LogP contribution >= 0.6 is 34.3 Å². The van der Waals surface area contributed by atoms with Crippen molar-refractivity contribution in [3.63, 3.8) is 0 Å². The molecule has 0 fully saturated rings. The molecule has 0 aliphatic rings. The minimum atomic E-state index is -3.54. The van der Waals surface area contributed by atoms with Crippen LogP contribution in [0.4, 0.5) is 0 Å². The molecule has 4 nitrogen and oxygen atoms in total. The largest absolute Gasteiger partial charge is 0.252 e. The van der Waals surface area contributed by atoms with Crippen LogP contribution in [0, 0.1) is 20.8 Å².